The van der Waals surface area contributed by atoms with Gasteiger partial charge in [0, 0.05) is 6.42 Å². The molecular formula is C5H9NO3. The Kier molecular flexibility index (Phi) is 1.32. The molecule has 0 saturated carbocycles. The van der Waals surface area contributed by atoms with Gasteiger partial charge in [-0.05, 0) is 6.92 Å². The van der Waals surface area contributed by atoms with Crippen LogP contribution in [0.4, 0.5) is 4.79 Å². The maximum Gasteiger partial charge on any atom is 0.409 e. The fourth-order valence-corrected chi connectivity index (χ4v) is 0.661. The third-order valence-corrected chi connectivity index (χ3v) is 1.19. The van der Waals surface area contributed by atoms with E-state index in [1.54, 1.807) is 0 Å². The molecule has 1 unspecified atom stereocenters. The summed E-state index contributed by atoms with van der Waals surface area (Å²) >= 11 is 0. The summed E-state index contributed by atoms with van der Waals surface area (Å²) in [6.45, 7) is 1.83. The van der Waals surface area contributed by atoms with E-state index in [0.717, 1.165) is 0 Å². The summed E-state index contributed by atoms with van der Waals surface area (Å²) < 4.78 is 4.50. The predicted octanol–water partition coefficient (Wildman–Crippen LogP) is -0.175. The number of carbonyl (C=O) groups is 1. The molecule has 2 N–H and O–H groups in total. The zero-order chi connectivity index (χ0) is 6.91. The molecule has 1 amide bonds. The van der Waals surface area contributed by atoms with Crippen LogP contribution in [0.5, 0.6) is 0 Å². The molecule has 0 aromatic rings. The number of aliphatic hydroxyl groups is 1. The average Bonchev–Trinajstić information content (AvgIpc) is 1.60. The van der Waals surface area contributed by atoms with Crippen molar-refractivity contribution in [2.24, 2.45) is 0 Å². The maximum absolute atomic E-state index is 10.4. The van der Waals surface area contributed by atoms with Crippen LogP contribution in [0, 0.1) is 0 Å². The summed E-state index contributed by atoms with van der Waals surface area (Å²) in [6.07, 6.45) is -0.107. The zero-order valence-corrected chi connectivity index (χ0v) is 5.18. The Morgan fingerprint density at radius 1 is 1.89 bits per heavy atom. The molecule has 1 rings (SSSR count). The van der Waals surface area contributed by atoms with Gasteiger partial charge in [0.15, 0.2) is 0 Å². The van der Waals surface area contributed by atoms with Crippen molar-refractivity contribution < 1.29 is 14.6 Å². The van der Waals surface area contributed by atoms with Crippen LogP contribution in [0.25, 0.3) is 0 Å². The van der Waals surface area contributed by atoms with Gasteiger partial charge in [0.2, 0.25) is 0 Å². The summed E-state index contributed by atoms with van der Waals surface area (Å²) in [6, 6.07) is 0. The smallest absolute Gasteiger partial charge is 0.409 e. The van der Waals surface area contributed by atoms with Gasteiger partial charge in [0.05, 0.1) is 6.61 Å². The second kappa shape index (κ2) is 1.88. The number of carbonyl (C=O) groups excluding carboxylic acids is 1. The number of rotatable bonds is 0. The van der Waals surface area contributed by atoms with Gasteiger partial charge in [0.25, 0.3) is 0 Å². The number of amides is 1. The fourth-order valence-electron chi connectivity index (χ4n) is 0.661. The summed E-state index contributed by atoms with van der Waals surface area (Å²) in [4.78, 5) is 10.4. The van der Waals surface area contributed by atoms with Crippen LogP contribution in [-0.4, -0.2) is 23.5 Å². The summed E-state index contributed by atoms with van der Waals surface area (Å²) in [5.41, 5.74) is -1.07. The molecule has 52 valence electrons. The number of cyclic esters (lactones) is 1. The Morgan fingerprint density at radius 3 is 2.89 bits per heavy atom. The van der Waals surface area contributed by atoms with Crippen LogP contribution in [0.1, 0.15) is 13.3 Å². The molecule has 4 heteroatoms. The summed E-state index contributed by atoms with van der Waals surface area (Å²) in [5.74, 6) is 0. The molecule has 0 aliphatic carbocycles. The normalized spacial score (nSPS) is 35.1. The summed E-state index contributed by atoms with van der Waals surface area (Å²) in [5, 5.41) is 11.4. The van der Waals surface area contributed by atoms with E-state index < -0.39 is 11.8 Å². The third kappa shape index (κ3) is 1.57. The minimum Gasteiger partial charge on any atom is -0.449 e. The quantitative estimate of drug-likeness (QED) is 0.479. The van der Waals surface area contributed by atoms with Crippen molar-refractivity contribution in [2.45, 2.75) is 19.1 Å². The topological polar surface area (TPSA) is 58.6 Å². The Balaban J connectivity index is 2.51. The fraction of sp³-hybridized carbons (Fsp3) is 0.800. The van der Waals surface area contributed by atoms with Crippen molar-refractivity contribution in [1.29, 1.82) is 0 Å². The van der Waals surface area contributed by atoms with Gasteiger partial charge in [-0.1, -0.05) is 0 Å². The number of hydrogen-bond acceptors (Lipinski definition) is 3. The van der Waals surface area contributed by atoms with Gasteiger partial charge in [-0.15, -0.1) is 0 Å². The van der Waals surface area contributed by atoms with Crippen LogP contribution in [0.2, 0.25) is 0 Å². The first kappa shape index (κ1) is 6.35. The van der Waals surface area contributed by atoms with E-state index in [2.05, 4.69) is 10.1 Å². The Labute approximate surface area is 52.8 Å². The van der Waals surface area contributed by atoms with Crippen molar-refractivity contribution in [3.05, 3.63) is 0 Å². The minimum atomic E-state index is -1.07. The molecule has 1 aliphatic heterocycles. The predicted molar refractivity (Wildman–Crippen MR) is 29.7 cm³/mol. The highest BCUT2D eigenvalue weighted by Crippen LogP contribution is 2.09. The second-order valence-corrected chi connectivity index (χ2v) is 2.28. The van der Waals surface area contributed by atoms with Gasteiger partial charge in [-0.3, -0.25) is 5.32 Å². The molecule has 0 radical (unpaired) electrons. The number of ether oxygens (including phenoxy) is 1. The van der Waals surface area contributed by atoms with Gasteiger partial charge in [-0.2, -0.15) is 0 Å². The minimum absolute atomic E-state index is 0.291. The van der Waals surface area contributed by atoms with Gasteiger partial charge < -0.3 is 9.84 Å². The van der Waals surface area contributed by atoms with E-state index in [4.69, 9.17) is 5.11 Å². The van der Waals surface area contributed by atoms with Gasteiger partial charge in [0.1, 0.15) is 5.72 Å². The number of nitrogens with one attached hydrogen (secondary N) is 1. The summed E-state index contributed by atoms with van der Waals surface area (Å²) in [7, 11) is 0. The highest BCUT2D eigenvalue weighted by Gasteiger charge is 2.27. The van der Waals surface area contributed by atoms with Crippen molar-refractivity contribution in [2.75, 3.05) is 6.61 Å². The van der Waals surface area contributed by atoms with Crippen molar-refractivity contribution >= 4 is 6.09 Å². The Hall–Kier alpha value is -0.770. The molecule has 1 heterocycles. The van der Waals surface area contributed by atoms with Crippen molar-refractivity contribution in [3.63, 3.8) is 0 Å². The van der Waals surface area contributed by atoms with E-state index in [1.807, 2.05) is 0 Å². The average molecular weight is 131 g/mol. The lowest BCUT2D eigenvalue weighted by atomic mass is 10.2. The van der Waals surface area contributed by atoms with E-state index in [0.29, 0.717) is 13.0 Å². The van der Waals surface area contributed by atoms with E-state index >= 15 is 0 Å². The largest absolute Gasteiger partial charge is 0.449 e. The van der Waals surface area contributed by atoms with Gasteiger partial charge >= 0.3 is 6.09 Å². The number of hydrogen-bond donors (Lipinski definition) is 2. The first-order valence-corrected chi connectivity index (χ1v) is 2.77. The van der Waals surface area contributed by atoms with Crippen LogP contribution in [0.15, 0.2) is 0 Å². The molecule has 4 nitrogen and oxygen atoms in total. The lowest BCUT2D eigenvalue weighted by molar-refractivity contribution is -0.0287. The molecule has 0 aromatic carbocycles. The lowest BCUT2D eigenvalue weighted by Crippen LogP contribution is -2.50. The van der Waals surface area contributed by atoms with Crippen LogP contribution >= 0.6 is 0 Å². The van der Waals surface area contributed by atoms with E-state index in [1.165, 1.54) is 6.92 Å². The first-order valence-electron chi connectivity index (χ1n) is 2.77. The molecule has 9 heavy (non-hydrogen) atoms. The molecule has 1 atom stereocenters. The molecule has 1 saturated heterocycles. The standard InChI is InChI=1S/C5H9NO3/c1-5(8)2-3-9-4(7)6-5/h8H,2-3H2,1H3,(H,6,7). The maximum atomic E-state index is 10.4. The molecular weight excluding hydrogens is 122 g/mol. The van der Waals surface area contributed by atoms with Crippen LogP contribution in [-0.2, 0) is 4.74 Å². The van der Waals surface area contributed by atoms with E-state index in [9.17, 15) is 4.79 Å². The first-order chi connectivity index (χ1) is 4.10. The van der Waals surface area contributed by atoms with Crippen LogP contribution < -0.4 is 5.32 Å². The Bertz CT molecular complexity index is 132. The molecule has 0 aromatic heterocycles. The van der Waals surface area contributed by atoms with Gasteiger partial charge in [-0.25, -0.2) is 4.79 Å². The Morgan fingerprint density at radius 2 is 2.56 bits per heavy atom. The van der Waals surface area contributed by atoms with E-state index in [-0.39, 0.29) is 0 Å². The lowest BCUT2D eigenvalue weighted by Gasteiger charge is -2.28. The molecule has 0 bridgehead atoms. The molecule has 1 aliphatic rings. The SMILES string of the molecule is CC1(O)CCOC(=O)N1. The van der Waals surface area contributed by atoms with Crippen molar-refractivity contribution in [1.82, 2.24) is 5.32 Å². The highest BCUT2D eigenvalue weighted by atomic mass is 16.6. The molecule has 0 spiro atoms. The highest BCUT2D eigenvalue weighted by molar-refractivity contribution is 5.68. The van der Waals surface area contributed by atoms with Crippen LogP contribution in [0.3, 0.4) is 0 Å². The number of alkyl carbamates (subject to hydrolysis) is 1. The van der Waals surface area contributed by atoms with Crippen molar-refractivity contribution in [3.8, 4) is 0 Å². The zero-order valence-electron chi connectivity index (χ0n) is 5.18. The molecule has 1 fully saturated rings. The third-order valence-electron chi connectivity index (χ3n) is 1.19. The monoisotopic (exact) mass is 131 g/mol. The second-order valence-electron chi connectivity index (χ2n) is 2.28.